The normalized spacial score (nSPS) is 27.3. The fraction of sp³-hybridized carbons (Fsp3) is 0.800. The van der Waals surface area contributed by atoms with E-state index in [2.05, 4.69) is 5.32 Å². The van der Waals surface area contributed by atoms with Crippen LogP contribution in [-0.2, 0) is 9.53 Å². The average molecular weight is 230 g/mol. The molecule has 0 bridgehead atoms. The fourth-order valence-electron chi connectivity index (χ4n) is 1.68. The van der Waals surface area contributed by atoms with Crippen molar-refractivity contribution in [2.24, 2.45) is 0 Å². The van der Waals surface area contributed by atoms with Crippen molar-refractivity contribution >= 4 is 12.0 Å². The van der Waals surface area contributed by atoms with Crippen molar-refractivity contribution in [3.63, 3.8) is 0 Å². The van der Waals surface area contributed by atoms with E-state index in [-0.39, 0.29) is 18.2 Å². The van der Waals surface area contributed by atoms with Crippen molar-refractivity contribution in [2.75, 3.05) is 13.1 Å². The van der Waals surface area contributed by atoms with E-state index in [1.165, 1.54) is 6.92 Å². The highest BCUT2D eigenvalue weighted by atomic mass is 16.5. The Bertz CT molecular complexity index is 272. The Morgan fingerprint density at radius 1 is 1.38 bits per heavy atom. The summed E-state index contributed by atoms with van der Waals surface area (Å²) in [4.78, 5) is 23.9. The largest absolute Gasteiger partial charge is 0.480 e. The van der Waals surface area contributed by atoms with E-state index in [4.69, 9.17) is 9.84 Å². The fourth-order valence-corrected chi connectivity index (χ4v) is 1.68. The number of urea groups is 1. The molecule has 0 saturated carbocycles. The van der Waals surface area contributed by atoms with E-state index in [1.807, 2.05) is 13.8 Å². The molecular formula is C10H18N2O4. The summed E-state index contributed by atoms with van der Waals surface area (Å²) < 4.78 is 5.48. The Morgan fingerprint density at radius 2 is 1.88 bits per heavy atom. The molecule has 1 aliphatic heterocycles. The van der Waals surface area contributed by atoms with Crippen LogP contribution >= 0.6 is 0 Å². The summed E-state index contributed by atoms with van der Waals surface area (Å²) in [6.07, 6.45) is -0.0377. The van der Waals surface area contributed by atoms with Crippen LogP contribution in [0.2, 0.25) is 0 Å². The molecule has 1 fully saturated rings. The molecule has 6 nitrogen and oxygen atoms in total. The number of aliphatic carboxylic acids is 1. The van der Waals surface area contributed by atoms with Gasteiger partial charge in [-0.2, -0.15) is 0 Å². The van der Waals surface area contributed by atoms with Crippen molar-refractivity contribution < 1.29 is 19.4 Å². The van der Waals surface area contributed by atoms with E-state index in [0.717, 1.165) is 0 Å². The topological polar surface area (TPSA) is 78.9 Å². The number of ether oxygens (including phenoxy) is 1. The molecule has 2 unspecified atom stereocenters. The number of carboxylic acid groups (broad SMARTS) is 1. The van der Waals surface area contributed by atoms with Gasteiger partial charge in [-0.3, -0.25) is 4.79 Å². The van der Waals surface area contributed by atoms with E-state index in [9.17, 15) is 9.59 Å². The number of amides is 2. The maximum atomic E-state index is 11.7. The number of carbonyl (C=O) groups excluding carboxylic acids is 1. The summed E-state index contributed by atoms with van der Waals surface area (Å²) >= 11 is 0. The predicted octanol–water partition coefficient (Wildman–Crippen LogP) is 0.278. The highest BCUT2D eigenvalue weighted by Crippen LogP contribution is 2.10. The molecule has 0 radical (unpaired) electrons. The first-order valence-corrected chi connectivity index (χ1v) is 5.34. The lowest BCUT2D eigenvalue weighted by atomic mass is 10.2. The number of hydrogen-bond donors (Lipinski definition) is 2. The van der Waals surface area contributed by atoms with E-state index in [1.54, 1.807) is 4.90 Å². The second-order valence-corrected chi connectivity index (χ2v) is 4.17. The number of hydrogen-bond acceptors (Lipinski definition) is 3. The minimum absolute atomic E-state index is 0.0189. The summed E-state index contributed by atoms with van der Waals surface area (Å²) in [6, 6.07) is -1.22. The van der Waals surface area contributed by atoms with Crippen LogP contribution in [0.5, 0.6) is 0 Å². The lowest BCUT2D eigenvalue weighted by Crippen LogP contribution is -2.54. The quantitative estimate of drug-likeness (QED) is 0.714. The summed E-state index contributed by atoms with van der Waals surface area (Å²) in [7, 11) is 0. The van der Waals surface area contributed by atoms with Gasteiger partial charge in [0.25, 0.3) is 0 Å². The number of carbonyl (C=O) groups is 2. The maximum absolute atomic E-state index is 11.7. The first kappa shape index (κ1) is 12.8. The molecule has 0 spiro atoms. The number of nitrogens with zero attached hydrogens (tertiary/aromatic N) is 1. The monoisotopic (exact) mass is 230 g/mol. The minimum atomic E-state index is -1.04. The third-order valence-electron chi connectivity index (χ3n) is 2.42. The zero-order chi connectivity index (χ0) is 12.3. The molecule has 92 valence electrons. The van der Waals surface area contributed by atoms with Crippen LogP contribution < -0.4 is 5.32 Å². The zero-order valence-electron chi connectivity index (χ0n) is 9.77. The summed E-state index contributed by atoms with van der Waals surface area (Å²) in [5.74, 6) is -1.04. The average Bonchev–Trinajstić information content (AvgIpc) is 2.15. The number of nitrogens with one attached hydrogen (secondary N) is 1. The van der Waals surface area contributed by atoms with Gasteiger partial charge in [0.15, 0.2) is 0 Å². The Hall–Kier alpha value is -1.30. The predicted molar refractivity (Wildman–Crippen MR) is 57.2 cm³/mol. The van der Waals surface area contributed by atoms with Gasteiger partial charge < -0.3 is 20.1 Å². The zero-order valence-corrected chi connectivity index (χ0v) is 9.77. The van der Waals surface area contributed by atoms with Crippen LogP contribution in [0.1, 0.15) is 20.8 Å². The third-order valence-corrected chi connectivity index (χ3v) is 2.42. The first-order chi connectivity index (χ1) is 7.40. The number of carboxylic acids is 1. The Balaban J connectivity index is 2.50. The van der Waals surface area contributed by atoms with Crippen LogP contribution in [0.3, 0.4) is 0 Å². The highest BCUT2D eigenvalue weighted by molar-refractivity contribution is 5.82. The van der Waals surface area contributed by atoms with Gasteiger partial charge in [-0.15, -0.1) is 0 Å². The van der Waals surface area contributed by atoms with Gasteiger partial charge in [0, 0.05) is 13.1 Å². The molecule has 1 heterocycles. The van der Waals surface area contributed by atoms with Crippen molar-refractivity contribution in [2.45, 2.75) is 39.0 Å². The van der Waals surface area contributed by atoms with E-state index < -0.39 is 12.0 Å². The second kappa shape index (κ2) is 5.16. The number of rotatable bonds is 2. The number of morpholine rings is 1. The first-order valence-electron chi connectivity index (χ1n) is 5.34. The summed E-state index contributed by atoms with van der Waals surface area (Å²) in [5.41, 5.74) is 0. The van der Waals surface area contributed by atoms with Crippen molar-refractivity contribution in [1.29, 1.82) is 0 Å². The molecule has 1 aliphatic rings. The van der Waals surface area contributed by atoms with Crippen molar-refractivity contribution in [3.05, 3.63) is 0 Å². The van der Waals surface area contributed by atoms with Crippen LogP contribution in [0.25, 0.3) is 0 Å². The van der Waals surface area contributed by atoms with Crippen LogP contribution in [-0.4, -0.2) is 53.3 Å². The minimum Gasteiger partial charge on any atom is -0.480 e. The van der Waals surface area contributed by atoms with Crippen molar-refractivity contribution in [3.8, 4) is 0 Å². The van der Waals surface area contributed by atoms with Gasteiger partial charge in [0.1, 0.15) is 6.04 Å². The molecule has 0 aromatic rings. The second-order valence-electron chi connectivity index (χ2n) is 4.17. The Labute approximate surface area is 94.6 Å². The van der Waals surface area contributed by atoms with Gasteiger partial charge >= 0.3 is 12.0 Å². The molecule has 1 saturated heterocycles. The Morgan fingerprint density at radius 3 is 2.31 bits per heavy atom. The van der Waals surface area contributed by atoms with Gasteiger partial charge in [-0.1, -0.05) is 0 Å². The molecule has 2 amide bonds. The van der Waals surface area contributed by atoms with Crippen LogP contribution in [0.15, 0.2) is 0 Å². The van der Waals surface area contributed by atoms with Crippen molar-refractivity contribution in [1.82, 2.24) is 10.2 Å². The van der Waals surface area contributed by atoms with Gasteiger partial charge in [0.05, 0.1) is 12.2 Å². The standard InChI is InChI=1S/C10H18N2O4/c1-6-4-12(5-7(2)16-6)10(15)11-8(3)9(13)14/h6-8H,4-5H2,1-3H3,(H,11,15)(H,13,14)/t6?,7?,8-/m1/s1. The molecular weight excluding hydrogens is 212 g/mol. The van der Waals surface area contributed by atoms with Gasteiger partial charge in [-0.25, -0.2) is 4.79 Å². The van der Waals surface area contributed by atoms with E-state index in [0.29, 0.717) is 13.1 Å². The molecule has 6 heteroatoms. The van der Waals surface area contributed by atoms with Crippen LogP contribution in [0.4, 0.5) is 4.79 Å². The summed E-state index contributed by atoms with van der Waals surface area (Å²) in [5, 5.41) is 11.1. The lowest BCUT2D eigenvalue weighted by molar-refractivity contribution is -0.138. The molecule has 1 rings (SSSR count). The Kier molecular flexibility index (Phi) is 4.12. The summed E-state index contributed by atoms with van der Waals surface area (Å²) in [6.45, 7) is 6.19. The molecule has 16 heavy (non-hydrogen) atoms. The molecule has 0 aromatic carbocycles. The third kappa shape index (κ3) is 3.37. The molecule has 0 aliphatic carbocycles. The lowest BCUT2D eigenvalue weighted by Gasteiger charge is -2.35. The highest BCUT2D eigenvalue weighted by Gasteiger charge is 2.27. The van der Waals surface area contributed by atoms with Gasteiger partial charge in [0.2, 0.25) is 0 Å². The molecule has 0 aromatic heterocycles. The SMILES string of the molecule is CC1CN(C(=O)N[C@H](C)C(=O)O)CC(C)O1. The maximum Gasteiger partial charge on any atom is 0.325 e. The molecule has 3 atom stereocenters. The van der Waals surface area contributed by atoms with Crippen LogP contribution in [0, 0.1) is 0 Å². The smallest absolute Gasteiger partial charge is 0.325 e. The van der Waals surface area contributed by atoms with E-state index >= 15 is 0 Å². The molecule has 2 N–H and O–H groups in total. The van der Waals surface area contributed by atoms with Gasteiger partial charge in [-0.05, 0) is 20.8 Å².